The maximum Gasteiger partial charge on any atom is 0.325 e. The maximum absolute atomic E-state index is 13.5. The molecule has 0 saturated heterocycles. The van der Waals surface area contributed by atoms with E-state index < -0.39 is 10.7 Å². The molecule has 1 aliphatic heterocycles. The van der Waals surface area contributed by atoms with Gasteiger partial charge in [0, 0.05) is 21.5 Å². The number of carbonyl (C=O) groups excluding carboxylic acids is 2. The zero-order valence-electron chi connectivity index (χ0n) is 17.7. The van der Waals surface area contributed by atoms with Crippen LogP contribution in [0, 0.1) is 11.8 Å². The van der Waals surface area contributed by atoms with Crippen molar-refractivity contribution in [2.75, 3.05) is 13.2 Å². The lowest BCUT2D eigenvalue weighted by Crippen LogP contribution is -2.59. The Morgan fingerprint density at radius 2 is 1.83 bits per heavy atom. The molecule has 29 heavy (non-hydrogen) atoms. The molecule has 0 fully saturated rings. The summed E-state index contributed by atoms with van der Waals surface area (Å²) in [5, 5.41) is 0.624. The minimum Gasteiger partial charge on any atom is -0.465 e. The predicted molar refractivity (Wildman–Crippen MR) is 118 cm³/mol. The van der Waals surface area contributed by atoms with Gasteiger partial charge in [-0.3, -0.25) is 14.6 Å². The van der Waals surface area contributed by atoms with Crippen LogP contribution in [0.5, 0.6) is 0 Å². The van der Waals surface area contributed by atoms with Gasteiger partial charge in [-0.1, -0.05) is 31.9 Å². The molecule has 0 aromatic heterocycles. The van der Waals surface area contributed by atoms with Crippen LogP contribution in [0.3, 0.4) is 0 Å². The van der Waals surface area contributed by atoms with E-state index in [2.05, 4.69) is 0 Å². The molecule has 160 valence electrons. The molecule has 7 heteroatoms. The molecule has 0 saturated carbocycles. The summed E-state index contributed by atoms with van der Waals surface area (Å²) in [6, 6.07) is 6.99. The molecule has 0 spiro atoms. The summed E-state index contributed by atoms with van der Waals surface area (Å²) in [6.45, 7) is 10.1. The van der Waals surface area contributed by atoms with Gasteiger partial charge in [0.15, 0.2) is 0 Å². The van der Waals surface area contributed by atoms with E-state index in [0.29, 0.717) is 23.8 Å². The number of hydrogen-bond donors (Lipinski definition) is 0. The van der Waals surface area contributed by atoms with Gasteiger partial charge in [-0.2, -0.15) is 0 Å². The Labute approximate surface area is 182 Å². The van der Waals surface area contributed by atoms with Crippen LogP contribution in [-0.4, -0.2) is 41.7 Å². The SMILES string of the molecule is CCCOC(=O)C1(Sc2ccc(Cl)cc2)C(C)N=C(C)C(C(=O)OCC)C1CC. The summed E-state index contributed by atoms with van der Waals surface area (Å²) in [4.78, 5) is 31.9. The van der Waals surface area contributed by atoms with Crippen molar-refractivity contribution < 1.29 is 19.1 Å². The van der Waals surface area contributed by atoms with Gasteiger partial charge in [-0.15, -0.1) is 11.8 Å². The van der Waals surface area contributed by atoms with Crippen LogP contribution < -0.4 is 0 Å². The monoisotopic (exact) mass is 439 g/mol. The summed E-state index contributed by atoms with van der Waals surface area (Å²) < 4.78 is 9.96. The van der Waals surface area contributed by atoms with E-state index in [1.165, 1.54) is 11.8 Å². The van der Waals surface area contributed by atoms with Crippen LogP contribution in [-0.2, 0) is 19.1 Å². The number of esters is 2. The Morgan fingerprint density at radius 3 is 2.38 bits per heavy atom. The van der Waals surface area contributed by atoms with E-state index in [1.54, 1.807) is 19.1 Å². The van der Waals surface area contributed by atoms with Crippen molar-refractivity contribution in [3.05, 3.63) is 29.3 Å². The lowest BCUT2D eigenvalue weighted by molar-refractivity contribution is -0.153. The van der Waals surface area contributed by atoms with Crippen molar-refractivity contribution in [2.24, 2.45) is 16.8 Å². The Balaban J connectivity index is 2.59. The summed E-state index contributed by atoms with van der Waals surface area (Å²) in [6.07, 6.45) is 1.34. The van der Waals surface area contributed by atoms with E-state index in [1.807, 2.05) is 39.8 Å². The van der Waals surface area contributed by atoms with Gasteiger partial charge >= 0.3 is 11.9 Å². The summed E-state index contributed by atoms with van der Waals surface area (Å²) in [5.41, 5.74) is 0.707. The highest BCUT2D eigenvalue weighted by atomic mass is 35.5. The van der Waals surface area contributed by atoms with Gasteiger partial charge in [-0.05, 0) is 51.5 Å². The van der Waals surface area contributed by atoms with E-state index in [4.69, 9.17) is 26.1 Å². The predicted octanol–water partition coefficient (Wildman–Crippen LogP) is 5.19. The van der Waals surface area contributed by atoms with Crippen molar-refractivity contribution in [1.29, 1.82) is 0 Å². The van der Waals surface area contributed by atoms with E-state index in [-0.39, 0.29) is 30.5 Å². The molecule has 0 aliphatic carbocycles. The molecule has 1 aliphatic rings. The third-order valence-electron chi connectivity index (χ3n) is 5.26. The standard InChI is InChI=1S/C22H30ClNO4S/c1-6-13-28-21(26)22(29-17-11-9-16(23)10-12-17)15(5)24-14(4)19(18(22)7-2)20(25)27-8-3/h9-12,15,18-19H,6-8,13H2,1-5H3. The second-order valence-electron chi connectivity index (χ2n) is 7.18. The molecule has 0 bridgehead atoms. The molecule has 2 rings (SSSR count). The third kappa shape index (κ3) is 4.97. The van der Waals surface area contributed by atoms with Gasteiger partial charge < -0.3 is 9.47 Å². The first-order valence-electron chi connectivity index (χ1n) is 10.1. The highest BCUT2D eigenvalue weighted by Gasteiger charge is 2.58. The Hall–Kier alpha value is -1.53. The van der Waals surface area contributed by atoms with Crippen LogP contribution in [0.4, 0.5) is 0 Å². The molecule has 5 nitrogen and oxygen atoms in total. The van der Waals surface area contributed by atoms with Crippen molar-refractivity contribution in [2.45, 2.75) is 63.1 Å². The number of ether oxygens (including phenoxy) is 2. The molecule has 0 radical (unpaired) electrons. The number of thioether (sulfide) groups is 1. The minimum absolute atomic E-state index is 0.284. The zero-order valence-corrected chi connectivity index (χ0v) is 19.3. The first-order valence-corrected chi connectivity index (χ1v) is 11.3. The fourth-order valence-corrected chi connectivity index (χ4v) is 5.57. The van der Waals surface area contributed by atoms with Crippen LogP contribution in [0.1, 0.15) is 47.5 Å². The average Bonchev–Trinajstić information content (AvgIpc) is 2.69. The molecule has 4 atom stereocenters. The van der Waals surface area contributed by atoms with Crippen molar-refractivity contribution in [3.63, 3.8) is 0 Å². The topological polar surface area (TPSA) is 65.0 Å². The van der Waals surface area contributed by atoms with Crippen LogP contribution in [0.2, 0.25) is 5.02 Å². The van der Waals surface area contributed by atoms with E-state index >= 15 is 0 Å². The number of aliphatic imine (C=N–C) groups is 1. The second kappa shape index (κ2) is 10.5. The van der Waals surface area contributed by atoms with Crippen LogP contribution >= 0.6 is 23.4 Å². The first kappa shape index (κ1) is 23.7. The largest absolute Gasteiger partial charge is 0.465 e. The summed E-state index contributed by atoms with van der Waals surface area (Å²) >= 11 is 7.45. The fourth-order valence-electron chi connectivity index (χ4n) is 3.97. The van der Waals surface area contributed by atoms with Gasteiger partial charge in [0.2, 0.25) is 0 Å². The van der Waals surface area contributed by atoms with Crippen molar-refractivity contribution in [1.82, 2.24) is 0 Å². The number of carbonyl (C=O) groups is 2. The molecule has 1 aromatic carbocycles. The zero-order chi connectivity index (χ0) is 21.6. The maximum atomic E-state index is 13.5. The van der Waals surface area contributed by atoms with E-state index in [9.17, 15) is 9.59 Å². The lowest BCUT2D eigenvalue weighted by Gasteiger charge is -2.46. The smallest absolute Gasteiger partial charge is 0.325 e. The number of nitrogens with zero attached hydrogens (tertiary/aromatic N) is 1. The molecule has 4 unspecified atom stereocenters. The van der Waals surface area contributed by atoms with Gasteiger partial charge in [0.25, 0.3) is 0 Å². The van der Waals surface area contributed by atoms with Gasteiger partial charge in [0.05, 0.1) is 25.2 Å². The first-order chi connectivity index (χ1) is 13.8. The lowest BCUT2D eigenvalue weighted by atomic mass is 9.71. The van der Waals surface area contributed by atoms with Crippen molar-refractivity contribution >= 4 is 41.0 Å². The fraction of sp³-hybridized carbons (Fsp3) is 0.591. The highest BCUT2D eigenvalue weighted by Crippen LogP contribution is 2.50. The molecular formula is C22H30ClNO4S. The highest BCUT2D eigenvalue weighted by molar-refractivity contribution is 8.01. The number of hydrogen-bond acceptors (Lipinski definition) is 6. The van der Waals surface area contributed by atoms with Gasteiger partial charge in [-0.25, -0.2) is 0 Å². The van der Waals surface area contributed by atoms with Gasteiger partial charge in [0.1, 0.15) is 4.75 Å². The molecule has 1 aromatic rings. The quantitative estimate of drug-likeness (QED) is 0.521. The molecule has 0 N–H and O–H groups in total. The van der Waals surface area contributed by atoms with E-state index in [0.717, 1.165) is 11.3 Å². The molecule has 1 heterocycles. The normalized spacial score (nSPS) is 26.6. The molecular weight excluding hydrogens is 410 g/mol. The Morgan fingerprint density at radius 1 is 1.17 bits per heavy atom. The van der Waals surface area contributed by atoms with Crippen molar-refractivity contribution in [3.8, 4) is 0 Å². The summed E-state index contributed by atoms with van der Waals surface area (Å²) in [7, 11) is 0. The Kier molecular flexibility index (Phi) is 8.58. The number of benzene rings is 1. The Bertz CT molecular complexity index is 752. The average molecular weight is 440 g/mol. The van der Waals surface area contributed by atoms with Crippen LogP contribution in [0.25, 0.3) is 0 Å². The number of halogens is 1. The third-order valence-corrected chi connectivity index (χ3v) is 7.17. The second-order valence-corrected chi connectivity index (χ2v) is 8.96. The number of rotatable bonds is 8. The molecule has 0 amide bonds. The van der Waals surface area contributed by atoms with Crippen LogP contribution in [0.15, 0.2) is 34.2 Å². The minimum atomic E-state index is -1.03. The summed E-state index contributed by atoms with van der Waals surface area (Å²) in [5.74, 6) is -1.55.